The summed E-state index contributed by atoms with van der Waals surface area (Å²) in [5.74, 6) is 0. The highest BCUT2D eigenvalue weighted by molar-refractivity contribution is 5.66. The molecule has 2 aromatic rings. The van der Waals surface area contributed by atoms with Gasteiger partial charge in [0.15, 0.2) is 0 Å². The van der Waals surface area contributed by atoms with Gasteiger partial charge in [0, 0.05) is 23.9 Å². The van der Waals surface area contributed by atoms with Crippen LogP contribution in [-0.2, 0) is 13.1 Å². The summed E-state index contributed by atoms with van der Waals surface area (Å²) >= 11 is 0. The maximum Gasteiger partial charge on any atom is 0.407 e. The van der Waals surface area contributed by atoms with Gasteiger partial charge in [-0.3, -0.25) is 15.0 Å². The number of nitro benzene ring substituents is 1. The summed E-state index contributed by atoms with van der Waals surface area (Å²) in [6.07, 6.45) is 0.782. The first-order valence-corrected chi connectivity index (χ1v) is 5.85. The van der Waals surface area contributed by atoms with Crippen LogP contribution in [0.5, 0.6) is 0 Å². The van der Waals surface area contributed by atoms with Gasteiger partial charge >= 0.3 is 6.09 Å². The molecule has 0 radical (unpaired) electrons. The van der Waals surface area contributed by atoms with E-state index in [9.17, 15) is 14.9 Å². The van der Waals surface area contributed by atoms with E-state index in [0.717, 1.165) is 5.56 Å². The smallest absolute Gasteiger partial charge is 0.407 e. The van der Waals surface area contributed by atoms with Crippen molar-refractivity contribution in [3.8, 4) is 5.69 Å². The second-order valence-electron chi connectivity index (χ2n) is 4.46. The summed E-state index contributed by atoms with van der Waals surface area (Å²) in [6.45, 7) is 0.586. The number of hydrogen-bond acceptors (Lipinski definition) is 4. The number of non-ortho nitro benzene ring substituents is 1. The Labute approximate surface area is 113 Å². The molecule has 0 spiro atoms. The third kappa shape index (κ3) is 1.96. The number of nitrogens with zero attached hydrogens (tertiary/aromatic N) is 4. The summed E-state index contributed by atoms with van der Waals surface area (Å²) in [5, 5.41) is 23.8. The van der Waals surface area contributed by atoms with E-state index in [1.165, 1.54) is 17.0 Å². The van der Waals surface area contributed by atoms with Crippen LogP contribution < -0.4 is 0 Å². The zero-order valence-corrected chi connectivity index (χ0v) is 10.3. The van der Waals surface area contributed by atoms with Gasteiger partial charge in [-0.1, -0.05) is 0 Å². The number of carboxylic acid groups (broad SMARTS) is 1. The zero-order valence-electron chi connectivity index (χ0n) is 10.3. The first kappa shape index (κ1) is 12.2. The lowest BCUT2D eigenvalue weighted by molar-refractivity contribution is -0.384. The number of carbonyl (C=O) groups is 1. The molecule has 1 aliphatic heterocycles. The average molecular weight is 274 g/mol. The number of hydrogen-bond donors (Lipinski definition) is 1. The molecular weight excluding hydrogens is 264 g/mol. The molecule has 0 fully saturated rings. The fourth-order valence-electron chi connectivity index (χ4n) is 2.15. The maximum atomic E-state index is 10.9. The Morgan fingerprint density at radius 1 is 1.30 bits per heavy atom. The quantitative estimate of drug-likeness (QED) is 0.664. The van der Waals surface area contributed by atoms with E-state index < -0.39 is 11.0 Å². The molecule has 20 heavy (non-hydrogen) atoms. The molecule has 2 heterocycles. The highest BCUT2D eigenvalue weighted by atomic mass is 16.6. The Bertz CT molecular complexity index is 668. The lowest BCUT2D eigenvalue weighted by Crippen LogP contribution is -2.23. The lowest BCUT2D eigenvalue weighted by atomic mass is 10.3. The normalized spacial score (nSPS) is 13.3. The van der Waals surface area contributed by atoms with E-state index in [4.69, 9.17) is 5.11 Å². The molecular formula is C12H10N4O4. The molecule has 1 aliphatic rings. The lowest BCUT2D eigenvalue weighted by Gasteiger charge is -2.10. The van der Waals surface area contributed by atoms with Crippen molar-refractivity contribution in [1.29, 1.82) is 0 Å². The van der Waals surface area contributed by atoms with Gasteiger partial charge in [0.1, 0.15) is 0 Å². The van der Waals surface area contributed by atoms with E-state index in [1.54, 1.807) is 23.0 Å². The van der Waals surface area contributed by atoms with Crippen LogP contribution in [0.15, 0.2) is 30.5 Å². The van der Waals surface area contributed by atoms with Crippen LogP contribution in [-0.4, -0.2) is 30.8 Å². The molecule has 1 amide bonds. The molecule has 8 heteroatoms. The number of nitro groups is 1. The van der Waals surface area contributed by atoms with Crippen LogP contribution in [0.25, 0.3) is 5.69 Å². The minimum Gasteiger partial charge on any atom is -0.465 e. The summed E-state index contributed by atoms with van der Waals surface area (Å²) in [6, 6.07) is 6.03. The van der Waals surface area contributed by atoms with Crippen molar-refractivity contribution in [2.75, 3.05) is 0 Å². The van der Waals surface area contributed by atoms with Gasteiger partial charge in [0.05, 0.1) is 29.4 Å². The zero-order chi connectivity index (χ0) is 14.3. The monoisotopic (exact) mass is 274 g/mol. The molecule has 0 bridgehead atoms. The Morgan fingerprint density at radius 3 is 2.55 bits per heavy atom. The molecule has 3 rings (SSSR count). The van der Waals surface area contributed by atoms with Crippen LogP contribution in [0.1, 0.15) is 11.3 Å². The van der Waals surface area contributed by atoms with Crippen molar-refractivity contribution in [3.05, 3.63) is 51.8 Å². The number of benzene rings is 1. The Hall–Kier alpha value is -2.90. The van der Waals surface area contributed by atoms with E-state index >= 15 is 0 Å². The molecule has 0 saturated carbocycles. The van der Waals surface area contributed by atoms with Crippen LogP contribution in [0.2, 0.25) is 0 Å². The van der Waals surface area contributed by atoms with Gasteiger partial charge < -0.3 is 5.11 Å². The van der Waals surface area contributed by atoms with Gasteiger partial charge in [0.25, 0.3) is 5.69 Å². The fourth-order valence-corrected chi connectivity index (χ4v) is 2.15. The summed E-state index contributed by atoms with van der Waals surface area (Å²) in [5.41, 5.74) is 2.29. The van der Waals surface area contributed by atoms with Crippen molar-refractivity contribution in [3.63, 3.8) is 0 Å². The highest BCUT2D eigenvalue weighted by Crippen LogP contribution is 2.23. The van der Waals surface area contributed by atoms with Crippen molar-refractivity contribution in [1.82, 2.24) is 14.7 Å². The Balaban J connectivity index is 1.85. The molecule has 102 valence electrons. The largest absolute Gasteiger partial charge is 0.465 e. The third-order valence-electron chi connectivity index (χ3n) is 3.17. The molecule has 1 aromatic carbocycles. The van der Waals surface area contributed by atoms with Crippen molar-refractivity contribution >= 4 is 11.8 Å². The number of amides is 1. The highest BCUT2D eigenvalue weighted by Gasteiger charge is 2.26. The number of fused-ring (bicyclic) bond motifs is 1. The molecule has 0 atom stereocenters. The first-order chi connectivity index (χ1) is 9.54. The third-order valence-corrected chi connectivity index (χ3v) is 3.17. The minimum atomic E-state index is -0.968. The van der Waals surface area contributed by atoms with Crippen molar-refractivity contribution < 1.29 is 14.8 Å². The number of aromatic nitrogens is 2. The van der Waals surface area contributed by atoms with Crippen molar-refractivity contribution in [2.45, 2.75) is 13.1 Å². The SMILES string of the molecule is O=C(O)N1Cc2cn(-c3ccc([N+](=O)[O-])cc3)nc2C1. The van der Waals surface area contributed by atoms with E-state index in [0.29, 0.717) is 17.9 Å². The molecule has 8 nitrogen and oxygen atoms in total. The maximum absolute atomic E-state index is 10.9. The fraction of sp³-hybridized carbons (Fsp3) is 0.167. The second kappa shape index (κ2) is 4.34. The summed E-state index contributed by atoms with van der Waals surface area (Å²) in [7, 11) is 0. The molecule has 0 unspecified atom stereocenters. The van der Waals surface area contributed by atoms with E-state index in [2.05, 4.69) is 5.10 Å². The molecule has 0 saturated heterocycles. The van der Waals surface area contributed by atoms with Gasteiger partial charge in [-0.25, -0.2) is 9.48 Å². The molecule has 0 aliphatic carbocycles. The van der Waals surface area contributed by atoms with Gasteiger partial charge in [-0.2, -0.15) is 5.10 Å². The van der Waals surface area contributed by atoms with Crippen LogP contribution in [0.3, 0.4) is 0 Å². The van der Waals surface area contributed by atoms with E-state index in [1.807, 2.05) is 0 Å². The van der Waals surface area contributed by atoms with Crippen LogP contribution >= 0.6 is 0 Å². The molecule has 1 aromatic heterocycles. The standard InChI is InChI=1S/C12H10N4O4/c17-12(18)14-5-8-6-15(13-11(8)7-14)9-1-3-10(4-2-9)16(19)20/h1-4,6H,5,7H2,(H,17,18). The van der Waals surface area contributed by atoms with Gasteiger partial charge in [-0.15, -0.1) is 0 Å². The predicted octanol–water partition coefficient (Wildman–Crippen LogP) is 1.77. The molecule has 1 N–H and O–H groups in total. The second-order valence-corrected chi connectivity index (χ2v) is 4.46. The van der Waals surface area contributed by atoms with Crippen LogP contribution in [0.4, 0.5) is 10.5 Å². The average Bonchev–Trinajstić information content (AvgIpc) is 2.96. The minimum absolute atomic E-state index is 0.0190. The summed E-state index contributed by atoms with van der Waals surface area (Å²) in [4.78, 5) is 22.3. The predicted molar refractivity (Wildman–Crippen MR) is 67.5 cm³/mol. The van der Waals surface area contributed by atoms with Crippen molar-refractivity contribution in [2.24, 2.45) is 0 Å². The number of rotatable bonds is 2. The topological polar surface area (TPSA) is 102 Å². The van der Waals surface area contributed by atoms with Crippen LogP contribution in [0, 0.1) is 10.1 Å². The van der Waals surface area contributed by atoms with E-state index in [-0.39, 0.29) is 12.2 Å². The Morgan fingerprint density at radius 2 is 2.00 bits per heavy atom. The van der Waals surface area contributed by atoms with Gasteiger partial charge in [-0.05, 0) is 12.1 Å². The van der Waals surface area contributed by atoms with Gasteiger partial charge in [0.2, 0.25) is 0 Å². The first-order valence-electron chi connectivity index (χ1n) is 5.85. The Kier molecular flexibility index (Phi) is 2.63. The summed E-state index contributed by atoms with van der Waals surface area (Å²) < 4.78 is 1.60.